The first-order valence-corrected chi connectivity index (χ1v) is 13.9. The van der Waals surface area contributed by atoms with E-state index in [1.54, 1.807) is 12.4 Å². The van der Waals surface area contributed by atoms with Crippen LogP contribution in [0.5, 0.6) is 17.2 Å². The van der Waals surface area contributed by atoms with Gasteiger partial charge in [-0.25, -0.2) is 4.79 Å². The fourth-order valence-electron chi connectivity index (χ4n) is 5.20. The molecule has 1 fully saturated rings. The molecule has 10 heteroatoms. The summed E-state index contributed by atoms with van der Waals surface area (Å²) in [7, 11) is 3.96. The van der Waals surface area contributed by atoms with Crippen LogP contribution in [0, 0.1) is 0 Å². The van der Waals surface area contributed by atoms with Crippen LogP contribution in [0.1, 0.15) is 54.9 Å². The number of alkyl halides is 2. The molecule has 0 radical (unpaired) electrons. The zero-order chi connectivity index (χ0) is 30.1. The standard InChI is InChI=1S/C32H36F2N2O6/c1-39-27-19-24(20-28(40-2)29(27)41-3)32(33,34)31(38)36-18-8-7-15-25(36)30(37)42-26(23-13-5-4-6-14-23)16-9-11-22-12-10-17-35-21-22/h4-6,10,12-14,17,19-21,25-26H,7-9,11,15-16,18H2,1-3H3/t25-,26?/m0/s1. The lowest BCUT2D eigenvalue weighted by atomic mass is 9.98. The predicted molar refractivity (Wildman–Crippen MR) is 152 cm³/mol. The number of hydrogen-bond acceptors (Lipinski definition) is 7. The van der Waals surface area contributed by atoms with Crippen molar-refractivity contribution in [2.24, 2.45) is 0 Å². The van der Waals surface area contributed by atoms with Gasteiger partial charge in [0.2, 0.25) is 5.75 Å². The molecule has 2 atom stereocenters. The third-order valence-corrected chi connectivity index (χ3v) is 7.42. The van der Waals surface area contributed by atoms with Crippen LogP contribution in [-0.4, -0.2) is 55.7 Å². The van der Waals surface area contributed by atoms with Gasteiger partial charge in [-0.2, -0.15) is 8.78 Å². The van der Waals surface area contributed by atoms with Gasteiger partial charge >= 0.3 is 11.9 Å². The normalized spacial score (nSPS) is 15.9. The summed E-state index contributed by atoms with van der Waals surface area (Å²) < 4.78 is 53.2. The summed E-state index contributed by atoms with van der Waals surface area (Å²) in [6, 6.07) is 14.1. The number of carbonyl (C=O) groups excluding carboxylic acids is 2. The number of aryl methyl sites for hydroxylation is 1. The molecular formula is C32H36F2N2O6. The molecule has 8 nitrogen and oxygen atoms in total. The van der Waals surface area contributed by atoms with Crippen molar-refractivity contribution >= 4 is 11.9 Å². The number of hydrogen-bond donors (Lipinski definition) is 0. The Morgan fingerprint density at radius 2 is 1.71 bits per heavy atom. The highest BCUT2D eigenvalue weighted by atomic mass is 19.3. The number of benzene rings is 2. The van der Waals surface area contributed by atoms with Gasteiger partial charge < -0.3 is 23.8 Å². The highest BCUT2D eigenvalue weighted by molar-refractivity contribution is 5.90. The molecule has 0 N–H and O–H groups in total. The number of esters is 1. The van der Waals surface area contributed by atoms with Gasteiger partial charge in [-0.3, -0.25) is 9.78 Å². The SMILES string of the molecule is COc1cc(C(F)(F)C(=O)N2CCCC[C@H]2C(=O)OC(CCCc2cccnc2)c2ccccc2)cc(OC)c1OC. The number of methoxy groups -OCH3 is 3. The zero-order valence-electron chi connectivity index (χ0n) is 24.1. The molecule has 2 heterocycles. The largest absolute Gasteiger partial charge is 0.493 e. The van der Waals surface area contributed by atoms with Crippen molar-refractivity contribution in [1.82, 2.24) is 9.88 Å². The summed E-state index contributed by atoms with van der Waals surface area (Å²) >= 11 is 0. The Balaban J connectivity index is 1.54. The predicted octanol–water partition coefficient (Wildman–Crippen LogP) is 5.89. The summed E-state index contributed by atoms with van der Waals surface area (Å²) in [4.78, 5) is 32.1. The quantitative estimate of drug-likeness (QED) is 0.246. The molecule has 2 aromatic carbocycles. The molecule has 1 aliphatic rings. The van der Waals surface area contributed by atoms with E-state index in [4.69, 9.17) is 18.9 Å². The van der Waals surface area contributed by atoms with Gasteiger partial charge in [-0.15, -0.1) is 0 Å². The Bertz CT molecular complexity index is 1310. The molecule has 1 unspecified atom stereocenters. The maximum Gasteiger partial charge on any atom is 0.350 e. The molecule has 0 aliphatic carbocycles. The van der Waals surface area contributed by atoms with Crippen molar-refractivity contribution < 1.29 is 37.3 Å². The summed E-state index contributed by atoms with van der Waals surface area (Å²) in [5, 5.41) is 0. The summed E-state index contributed by atoms with van der Waals surface area (Å²) in [5.74, 6) is -6.03. The lowest BCUT2D eigenvalue weighted by Gasteiger charge is -2.37. The summed E-state index contributed by atoms with van der Waals surface area (Å²) in [6.07, 6.45) is 6.22. The van der Waals surface area contributed by atoms with Crippen LogP contribution in [0.2, 0.25) is 0 Å². The molecule has 1 amide bonds. The van der Waals surface area contributed by atoms with E-state index in [2.05, 4.69) is 4.98 Å². The number of pyridine rings is 1. The minimum absolute atomic E-state index is 0.00841. The minimum atomic E-state index is -3.97. The van der Waals surface area contributed by atoms with Crippen LogP contribution >= 0.6 is 0 Å². The third kappa shape index (κ3) is 6.98. The minimum Gasteiger partial charge on any atom is -0.493 e. The lowest BCUT2D eigenvalue weighted by Crippen LogP contribution is -2.53. The van der Waals surface area contributed by atoms with E-state index in [-0.39, 0.29) is 30.2 Å². The Morgan fingerprint density at radius 3 is 2.33 bits per heavy atom. The highest BCUT2D eigenvalue weighted by Crippen LogP contribution is 2.43. The fraction of sp³-hybridized carbons (Fsp3) is 0.406. The van der Waals surface area contributed by atoms with E-state index in [1.807, 2.05) is 42.5 Å². The molecule has 0 saturated carbocycles. The van der Waals surface area contributed by atoms with Crippen LogP contribution < -0.4 is 14.2 Å². The molecule has 42 heavy (non-hydrogen) atoms. The Morgan fingerprint density at radius 1 is 1.00 bits per heavy atom. The number of carbonyl (C=O) groups is 2. The first kappa shape index (κ1) is 30.7. The van der Waals surface area contributed by atoms with E-state index < -0.39 is 35.5 Å². The molecule has 1 saturated heterocycles. The smallest absolute Gasteiger partial charge is 0.350 e. The maximum absolute atomic E-state index is 15.8. The van der Waals surface area contributed by atoms with Crippen LogP contribution in [0.25, 0.3) is 0 Å². The van der Waals surface area contributed by atoms with Gasteiger partial charge in [0, 0.05) is 24.5 Å². The molecule has 4 rings (SSSR count). The second-order valence-corrected chi connectivity index (χ2v) is 10.1. The van der Waals surface area contributed by atoms with E-state index in [0.29, 0.717) is 25.7 Å². The van der Waals surface area contributed by atoms with E-state index in [9.17, 15) is 9.59 Å². The van der Waals surface area contributed by atoms with Crippen molar-refractivity contribution in [3.63, 3.8) is 0 Å². The van der Waals surface area contributed by atoms with Crippen molar-refractivity contribution in [2.45, 2.75) is 56.6 Å². The average Bonchev–Trinajstić information content (AvgIpc) is 3.03. The third-order valence-electron chi connectivity index (χ3n) is 7.42. The monoisotopic (exact) mass is 582 g/mol. The van der Waals surface area contributed by atoms with Crippen LogP contribution in [-0.2, 0) is 26.7 Å². The van der Waals surface area contributed by atoms with E-state index in [1.165, 1.54) is 21.3 Å². The van der Waals surface area contributed by atoms with Gasteiger partial charge in [0.1, 0.15) is 12.1 Å². The molecule has 0 bridgehead atoms. The van der Waals surface area contributed by atoms with Gasteiger partial charge in [0.15, 0.2) is 11.5 Å². The van der Waals surface area contributed by atoms with Gasteiger partial charge in [0.25, 0.3) is 5.91 Å². The number of piperidine rings is 1. The average molecular weight is 583 g/mol. The van der Waals surface area contributed by atoms with Gasteiger partial charge in [-0.1, -0.05) is 36.4 Å². The number of nitrogens with zero attached hydrogens (tertiary/aromatic N) is 2. The highest BCUT2D eigenvalue weighted by Gasteiger charge is 2.49. The molecular weight excluding hydrogens is 546 g/mol. The van der Waals surface area contributed by atoms with Crippen LogP contribution in [0.4, 0.5) is 8.78 Å². The number of aromatic nitrogens is 1. The molecule has 1 aromatic heterocycles. The topological polar surface area (TPSA) is 87.2 Å². The van der Waals surface area contributed by atoms with Crippen LogP contribution in [0.3, 0.4) is 0 Å². The van der Waals surface area contributed by atoms with E-state index in [0.717, 1.165) is 34.6 Å². The van der Waals surface area contributed by atoms with E-state index >= 15 is 8.78 Å². The zero-order valence-corrected chi connectivity index (χ0v) is 24.1. The van der Waals surface area contributed by atoms with Crippen molar-refractivity contribution in [3.8, 4) is 17.2 Å². The Hall–Kier alpha value is -4.21. The second kappa shape index (κ2) is 14.1. The number of amides is 1. The fourth-order valence-corrected chi connectivity index (χ4v) is 5.20. The lowest BCUT2D eigenvalue weighted by molar-refractivity contribution is -0.173. The maximum atomic E-state index is 15.8. The Labute approximate surface area is 244 Å². The summed E-state index contributed by atoms with van der Waals surface area (Å²) in [5.41, 5.74) is 1.24. The first-order valence-electron chi connectivity index (χ1n) is 13.9. The van der Waals surface area contributed by atoms with Crippen molar-refractivity contribution in [1.29, 1.82) is 0 Å². The number of rotatable bonds is 12. The molecule has 224 valence electrons. The molecule has 3 aromatic rings. The number of likely N-dealkylation sites (tertiary alicyclic amines) is 1. The second-order valence-electron chi connectivity index (χ2n) is 10.1. The van der Waals surface area contributed by atoms with Crippen molar-refractivity contribution in [2.75, 3.05) is 27.9 Å². The van der Waals surface area contributed by atoms with Gasteiger partial charge in [0.05, 0.1) is 21.3 Å². The molecule has 0 spiro atoms. The number of ether oxygens (including phenoxy) is 4. The number of halogens is 2. The van der Waals surface area contributed by atoms with Crippen LogP contribution in [0.15, 0.2) is 67.0 Å². The summed E-state index contributed by atoms with van der Waals surface area (Å²) in [6.45, 7) is 0.00955. The first-order chi connectivity index (χ1) is 20.3. The van der Waals surface area contributed by atoms with Gasteiger partial charge in [-0.05, 0) is 67.9 Å². The molecule has 1 aliphatic heterocycles. The Kier molecular flexibility index (Phi) is 10.3. The van der Waals surface area contributed by atoms with Crippen molar-refractivity contribution in [3.05, 3.63) is 83.7 Å².